The average Bonchev–Trinajstić information content (AvgIpc) is 2.17. The SMILES string of the molecule is CCOC(=O)/C=C1/CCCC(C(F)(F)F)C1. The fraction of sp³-hybridized carbons (Fsp3) is 0.727. The van der Waals surface area contributed by atoms with Gasteiger partial charge in [-0.05, 0) is 32.6 Å². The van der Waals surface area contributed by atoms with Gasteiger partial charge in [-0.3, -0.25) is 0 Å². The lowest BCUT2D eigenvalue weighted by Crippen LogP contribution is -2.26. The molecule has 0 radical (unpaired) electrons. The number of ether oxygens (including phenoxy) is 1. The van der Waals surface area contributed by atoms with E-state index >= 15 is 0 Å². The van der Waals surface area contributed by atoms with Crippen LogP contribution in [0.5, 0.6) is 0 Å². The molecule has 0 amide bonds. The highest BCUT2D eigenvalue weighted by Gasteiger charge is 2.40. The summed E-state index contributed by atoms with van der Waals surface area (Å²) < 4.78 is 42.0. The zero-order chi connectivity index (χ0) is 12.2. The molecule has 1 saturated carbocycles. The number of rotatable bonds is 2. The van der Waals surface area contributed by atoms with Crippen molar-refractivity contribution in [3.05, 3.63) is 11.6 Å². The number of carbonyl (C=O) groups excluding carboxylic acids is 1. The molecule has 0 spiro atoms. The maximum Gasteiger partial charge on any atom is 0.392 e. The molecule has 1 aliphatic rings. The van der Waals surface area contributed by atoms with Crippen LogP contribution in [0, 0.1) is 5.92 Å². The van der Waals surface area contributed by atoms with E-state index in [0.717, 1.165) is 0 Å². The molecule has 0 bridgehead atoms. The van der Waals surface area contributed by atoms with Crippen molar-refractivity contribution in [3.63, 3.8) is 0 Å². The number of hydrogen-bond donors (Lipinski definition) is 0. The number of halogens is 3. The Bertz CT molecular complexity index is 281. The largest absolute Gasteiger partial charge is 0.463 e. The van der Waals surface area contributed by atoms with Gasteiger partial charge in [0.15, 0.2) is 0 Å². The standard InChI is InChI=1S/C11H15F3O2/c1-2-16-10(15)7-8-4-3-5-9(6-8)11(12,13)14/h7,9H,2-6H2,1H3/b8-7-. The molecular weight excluding hydrogens is 221 g/mol. The molecule has 0 heterocycles. The lowest BCUT2D eigenvalue weighted by Gasteiger charge is -2.26. The molecule has 92 valence electrons. The molecule has 5 heteroatoms. The van der Waals surface area contributed by atoms with Gasteiger partial charge in [0.1, 0.15) is 0 Å². The third-order valence-electron chi connectivity index (χ3n) is 2.63. The molecular formula is C11H15F3O2. The van der Waals surface area contributed by atoms with Crippen LogP contribution in [0.15, 0.2) is 11.6 Å². The molecule has 0 saturated heterocycles. The van der Waals surface area contributed by atoms with Gasteiger partial charge in [0, 0.05) is 6.08 Å². The lowest BCUT2D eigenvalue weighted by atomic mass is 9.85. The summed E-state index contributed by atoms with van der Waals surface area (Å²) in [5.74, 6) is -1.85. The monoisotopic (exact) mass is 236 g/mol. The smallest absolute Gasteiger partial charge is 0.392 e. The summed E-state index contributed by atoms with van der Waals surface area (Å²) >= 11 is 0. The van der Waals surface area contributed by atoms with Gasteiger partial charge in [-0.25, -0.2) is 4.79 Å². The van der Waals surface area contributed by atoms with Gasteiger partial charge >= 0.3 is 12.1 Å². The van der Waals surface area contributed by atoms with Crippen molar-refractivity contribution in [2.45, 2.75) is 38.8 Å². The third kappa shape index (κ3) is 3.87. The summed E-state index contributed by atoms with van der Waals surface area (Å²) in [5.41, 5.74) is 0.548. The summed E-state index contributed by atoms with van der Waals surface area (Å²) in [6.45, 7) is 1.90. The van der Waals surface area contributed by atoms with Gasteiger partial charge in [0.2, 0.25) is 0 Å². The maximum absolute atomic E-state index is 12.5. The molecule has 1 rings (SSSR count). The van der Waals surface area contributed by atoms with Crippen LogP contribution < -0.4 is 0 Å². The first kappa shape index (κ1) is 13.1. The van der Waals surface area contributed by atoms with Crippen LogP contribution in [0.1, 0.15) is 32.6 Å². The van der Waals surface area contributed by atoms with Crippen LogP contribution in [0.25, 0.3) is 0 Å². The van der Waals surface area contributed by atoms with Crippen molar-refractivity contribution in [2.75, 3.05) is 6.61 Å². The summed E-state index contributed by atoms with van der Waals surface area (Å²) in [6.07, 6.45) is -1.82. The van der Waals surface area contributed by atoms with Crippen LogP contribution in [-0.2, 0) is 9.53 Å². The van der Waals surface area contributed by atoms with Crippen LogP contribution in [-0.4, -0.2) is 18.8 Å². The summed E-state index contributed by atoms with van der Waals surface area (Å²) in [5, 5.41) is 0. The molecule has 1 aliphatic carbocycles. The van der Waals surface area contributed by atoms with E-state index in [9.17, 15) is 18.0 Å². The second-order valence-corrected chi connectivity index (χ2v) is 3.89. The number of allylic oxidation sites excluding steroid dienone is 1. The molecule has 1 atom stereocenters. The number of hydrogen-bond acceptors (Lipinski definition) is 2. The first-order valence-corrected chi connectivity index (χ1v) is 5.36. The Morgan fingerprint density at radius 1 is 1.56 bits per heavy atom. The minimum absolute atomic E-state index is 0.0671. The van der Waals surface area contributed by atoms with Gasteiger partial charge in [-0.2, -0.15) is 13.2 Å². The van der Waals surface area contributed by atoms with E-state index in [2.05, 4.69) is 4.74 Å². The van der Waals surface area contributed by atoms with Crippen molar-refractivity contribution < 1.29 is 22.7 Å². The summed E-state index contributed by atoms with van der Waals surface area (Å²) in [4.78, 5) is 11.1. The Balaban J connectivity index is 2.60. The van der Waals surface area contributed by atoms with Crippen LogP contribution in [0.4, 0.5) is 13.2 Å². The molecule has 0 aliphatic heterocycles. The van der Waals surface area contributed by atoms with Crippen molar-refractivity contribution in [3.8, 4) is 0 Å². The first-order valence-electron chi connectivity index (χ1n) is 5.36. The molecule has 1 unspecified atom stereocenters. The zero-order valence-electron chi connectivity index (χ0n) is 9.14. The van der Waals surface area contributed by atoms with Gasteiger partial charge in [0.05, 0.1) is 12.5 Å². The highest BCUT2D eigenvalue weighted by molar-refractivity contribution is 5.82. The predicted octanol–water partition coefficient (Wildman–Crippen LogP) is 3.23. The number of carbonyl (C=O) groups is 1. The molecule has 0 N–H and O–H groups in total. The van der Waals surface area contributed by atoms with Crippen LogP contribution >= 0.6 is 0 Å². The predicted molar refractivity (Wildman–Crippen MR) is 52.7 cm³/mol. The normalized spacial score (nSPS) is 24.5. The Morgan fingerprint density at radius 3 is 2.81 bits per heavy atom. The van der Waals surface area contributed by atoms with E-state index in [1.54, 1.807) is 6.92 Å². The second kappa shape index (κ2) is 5.37. The highest BCUT2D eigenvalue weighted by Crippen LogP contribution is 2.39. The number of esters is 1. The Morgan fingerprint density at radius 2 is 2.25 bits per heavy atom. The molecule has 0 aromatic carbocycles. The van der Waals surface area contributed by atoms with Crippen LogP contribution in [0.2, 0.25) is 0 Å². The van der Waals surface area contributed by atoms with E-state index < -0.39 is 18.1 Å². The van der Waals surface area contributed by atoms with Crippen molar-refractivity contribution in [1.82, 2.24) is 0 Å². The van der Waals surface area contributed by atoms with E-state index in [0.29, 0.717) is 18.4 Å². The quantitative estimate of drug-likeness (QED) is 0.543. The van der Waals surface area contributed by atoms with Gasteiger partial charge in [-0.15, -0.1) is 0 Å². The van der Waals surface area contributed by atoms with E-state index in [1.165, 1.54) is 6.08 Å². The zero-order valence-corrected chi connectivity index (χ0v) is 9.14. The summed E-state index contributed by atoms with van der Waals surface area (Å²) in [7, 11) is 0. The molecule has 0 aromatic rings. The molecule has 2 nitrogen and oxygen atoms in total. The van der Waals surface area contributed by atoms with Crippen molar-refractivity contribution >= 4 is 5.97 Å². The topological polar surface area (TPSA) is 26.3 Å². The van der Waals surface area contributed by atoms with E-state index in [-0.39, 0.29) is 19.4 Å². The Kier molecular flexibility index (Phi) is 4.38. The van der Waals surface area contributed by atoms with Crippen LogP contribution in [0.3, 0.4) is 0 Å². The summed E-state index contributed by atoms with van der Waals surface area (Å²) in [6, 6.07) is 0. The van der Waals surface area contributed by atoms with E-state index in [1.807, 2.05) is 0 Å². The van der Waals surface area contributed by atoms with Crippen molar-refractivity contribution in [1.29, 1.82) is 0 Å². The lowest BCUT2D eigenvalue weighted by molar-refractivity contribution is -0.178. The van der Waals surface area contributed by atoms with E-state index in [4.69, 9.17) is 0 Å². The van der Waals surface area contributed by atoms with Crippen molar-refractivity contribution in [2.24, 2.45) is 5.92 Å². The molecule has 1 fully saturated rings. The molecule has 16 heavy (non-hydrogen) atoms. The minimum atomic E-state index is -4.16. The number of alkyl halides is 3. The minimum Gasteiger partial charge on any atom is -0.463 e. The fourth-order valence-corrected chi connectivity index (χ4v) is 1.86. The average molecular weight is 236 g/mol. The van der Waals surface area contributed by atoms with Gasteiger partial charge in [0.25, 0.3) is 0 Å². The third-order valence-corrected chi connectivity index (χ3v) is 2.63. The highest BCUT2D eigenvalue weighted by atomic mass is 19.4. The molecule has 0 aromatic heterocycles. The Hall–Kier alpha value is -1.00. The first-order chi connectivity index (χ1) is 7.43. The maximum atomic E-state index is 12.5. The fourth-order valence-electron chi connectivity index (χ4n) is 1.86. The Labute approximate surface area is 92.5 Å². The van der Waals surface area contributed by atoms with Gasteiger partial charge < -0.3 is 4.74 Å². The second-order valence-electron chi connectivity index (χ2n) is 3.89. The van der Waals surface area contributed by atoms with Gasteiger partial charge in [-0.1, -0.05) is 5.57 Å².